The maximum atomic E-state index is 11.6. The number of nitrogens with one attached hydrogen (secondary N) is 1. The number of ether oxygens (including phenoxy) is 1. The molecule has 1 N–H and O–H groups in total. The van der Waals surface area contributed by atoms with Crippen LogP contribution in [0.25, 0.3) is 0 Å². The van der Waals surface area contributed by atoms with Crippen molar-refractivity contribution in [1.29, 1.82) is 0 Å². The number of pyridine rings is 1. The van der Waals surface area contributed by atoms with E-state index in [2.05, 4.69) is 10.3 Å². The van der Waals surface area contributed by atoms with Crippen LogP contribution in [-0.2, 0) is 16.1 Å². The SMILES string of the molecule is COc1cc(C)nc(CN2CC(=O)NCC2=O)c1. The molecule has 1 aliphatic rings. The van der Waals surface area contributed by atoms with Gasteiger partial charge in [-0.1, -0.05) is 0 Å². The normalized spacial score (nSPS) is 15.6. The Balaban J connectivity index is 2.15. The highest BCUT2D eigenvalue weighted by molar-refractivity contribution is 5.92. The first-order valence-corrected chi connectivity index (χ1v) is 5.64. The van der Waals surface area contributed by atoms with E-state index in [1.807, 2.05) is 13.0 Å². The molecule has 0 aliphatic carbocycles. The highest BCUT2D eigenvalue weighted by Gasteiger charge is 2.23. The number of aryl methyl sites for hydroxylation is 1. The average molecular weight is 249 g/mol. The summed E-state index contributed by atoms with van der Waals surface area (Å²) in [4.78, 5) is 28.7. The van der Waals surface area contributed by atoms with Gasteiger partial charge < -0.3 is 15.0 Å². The Labute approximate surface area is 105 Å². The lowest BCUT2D eigenvalue weighted by Crippen LogP contribution is -2.51. The molecule has 2 rings (SSSR count). The molecule has 96 valence electrons. The van der Waals surface area contributed by atoms with Gasteiger partial charge in [0, 0.05) is 17.8 Å². The molecule has 1 aliphatic heterocycles. The summed E-state index contributed by atoms with van der Waals surface area (Å²) < 4.78 is 5.15. The Morgan fingerprint density at radius 1 is 1.44 bits per heavy atom. The molecule has 18 heavy (non-hydrogen) atoms. The van der Waals surface area contributed by atoms with E-state index in [-0.39, 0.29) is 24.9 Å². The molecule has 6 heteroatoms. The van der Waals surface area contributed by atoms with Crippen molar-refractivity contribution < 1.29 is 14.3 Å². The van der Waals surface area contributed by atoms with Gasteiger partial charge in [0.25, 0.3) is 0 Å². The molecule has 1 fully saturated rings. The first-order valence-electron chi connectivity index (χ1n) is 5.64. The fraction of sp³-hybridized carbons (Fsp3) is 0.417. The van der Waals surface area contributed by atoms with E-state index in [1.54, 1.807) is 13.2 Å². The lowest BCUT2D eigenvalue weighted by Gasteiger charge is -2.26. The Morgan fingerprint density at radius 3 is 2.94 bits per heavy atom. The van der Waals surface area contributed by atoms with E-state index >= 15 is 0 Å². The van der Waals surface area contributed by atoms with Gasteiger partial charge in [-0.15, -0.1) is 0 Å². The van der Waals surface area contributed by atoms with E-state index < -0.39 is 0 Å². The largest absolute Gasteiger partial charge is 0.497 e. The molecule has 0 saturated carbocycles. The number of carbonyl (C=O) groups is 2. The van der Waals surface area contributed by atoms with Gasteiger partial charge in [0.1, 0.15) is 5.75 Å². The lowest BCUT2D eigenvalue weighted by molar-refractivity contribution is -0.141. The van der Waals surface area contributed by atoms with Crippen molar-refractivity contribution >= 4 is 11.8 Å². The summed E-state index contributed by atoms with van der Waals surface area (Å²) in [6.07, 6.45) is 0. The van der Waals surface area contributed by atoms with Crippen molar-refractivity contribution in [2.75, 3.05) is 20.2 Å². The third kappa shape index (κ3) is 2.77. The third-order valence-corrected chi connectivity index (χ3v) is 2.69. The molecular formula is C12H15N3O3. The van der Waals surface area contributed by atoms with Gasteiger partial charge in [-0.25, -0.2) is 0 Å². The standard InChI is InChI=1S/C12H15N3O3/c1-8-3-10(18-2)4-9(14-8)6-15-7-11(16)13-5-12(15)17/h3-4H,5-7H2,1-2H3,(H,13,16). The van der Waals surface area contributed by atoms with Gasteiger partial charge in [-0.05, 0) is 6.92 Å². The molecule has 2 heterocycles. The number of rotatable bonds is 3. The molecule has 0 unspecified atom stereocenters. The smallest absolute Gasteiger partial charge is 0.242 e. The van der Waals surface area contributed by atoms with E-state index in [0.717, 1.165) is 11.4 Å². The fourth-order valence-corrected chi connectivity index (χ4v) is 1.84. The molecule has 0 atom stereocenters. The second-order valence-corrected chi connectivity index (χ2v) is 4.17. The second kappa shape index (κ2) is 5.03. The van der Waals surface area contributed by atoms with Crippen molar-refractivity contribution in [3.8, 4) is 5.75 Å². The number of piperazine rings is 1. The highest BCUT2D eigenvalue weighted by atomic mass is 16.5. The van der Waals surface area contributed by atoms with Crippen molar-refractivity contribution in [1.82, 2.24) is 15.2 Å². The minimum atomic E-state index is -0.144. The van der Waals surface area contributed by atoms with Gasteiger partial charge >= 0.3 is 0 Å². The Kier molecular flexibility index (Phi) is 3.45. The van der Waals surface area contributed by atoms with Crippen molar-refractivity contribution in [2.24, 2.45) is 0 Å². The molecule has 6 nitrogen and oxygen atoms in total. The molecule has 1 aromatic heterocycles. The maximum Gasteiger partial charge on any atom is 0.242 e. The zero-order valence-corrected chi connectivity index (χ0v) is 10.4. The fourth-order valence-electron chi connectivity index (χ4n) is 1.84. The minimum Gasteiger partial charge on any atom is -0.497 e. The summed E-state index contributed by atoms with van der Waals surface area (Å²) in [6, 6.07) is 3.58. The molecule has 2 amide bonds. The zero-order chi connectivity index (χ0) is 13.1. The predicted octanol–water partition coefficient (Wildman–Crippen LogP) is -0.143. The van der Waals surface area contributed by atoms with Crippen LogP contribution in [0.4, 0.5) is 0 Å². The number of aromatic nitrogens is 1. The van der Waals surface area contributed by atoms with Gasteiger partial charge in [0.05, 0.1) is 32.4 Å². The van der Waals surface area contributed by atoms with Gasteiger partial charge in [-0.2, -0.15) is 0 Å². The zero-order valence-electron chi connectivity index (χ0n) is 10.4. The van der Waals surface area contributed by atoms with Crippen LogP contribution < -0.4 is 10.1 Å². The van der Waals surface area contributed by atoms with Crippen LogP contribution in [0.5, 0.6) is 5.75 Å². The highest BCUT2D eigenvalue weighted by Crippen LogP contribution is 2.15. The lowest BCUT2D eigenvalue weighted by atomic mass is 10.2. The summed E-state index contributed by atoms with van der Waals surface area (Å²) in [5, 5.41) is 2.51. The molecule has 0 bridgehead atoms. The minimum absolute atomic E-state index is 0.0573. The summed E-state index contributed by atoms with van der Waals surface area (Å²) >= 11 is 0. The van der Waals surface area contributed by atoms with E-state index in [9.17, 15) is 9.59 Å². The summed E-state index contributed by atoms with van der Waals surface area (Å²) in [5.74, 6) is 0.456. The van der Waals surface area contributed by atoms with Crippen molar-refractivity contribution in [2.45, 2.75) is 13.5 Å². The molecule has 1 saturated heterocycles. The van der Waals surface area contributed by atoms with Crippen LogP contribution in [0.15, 0.2) is 12.1 Å². The maximum absolute atomic E-state index is 11.6. The Hall–Kier alpha value is -2.11. The van der Waals surface area contributed by atoms with Crippen LogP contribution in [0.1, 0.15) is 11.4 Å². The Bertz CT molecular complexity index is 487. The van der Waals surface area contributed by atoms with E-state index in [0.29, 0.717) is 12.3 Å². The number of nitrogens with zero attached hydrogens (tertiary/aromatic N) is 2. The van der Waals surface area contributed by atoms with Gasteiger partial charge in [0.15, 0.2) is 0 Å². The average Bonchev–Trinajstić information content (AvgIpc) is 2.33. The van der Waals surface area contributed by atoms with Crippen LogP contribution in [0.3, 0.4) is 0 Å². The number of carbonyl (C=O) groups excluding carboxylic acids is 2. The quantitative estimate of drug-likeness (QED) is 0.809. The first-order chi connectivity index (χ1) is 8.58. The van der Waals surface area contributed by atoms with Crippen LogP contribution in [-0.4, -0.2) is 41.9 Å². The van der Waals surface area contributed by atoms with E-state index in [1.165, 1.54) is 4.90 Å². The third-order valence-electron chi connectivity index (χ3n) is 2.69. The monoisotopic (exact) mass is 249 g/mol. The summed E-state index contributed by atoms with van der Waals surface area (Å²) in [7, 11) is 1.58. The Morgan fingerprint density at radius 2 is 2.22 bits per heavy atom. The topological polar surface area (TPSA) is 71.5 Å². The number of hydrogen-bond donors (Lipinski definition) is 1. The molecule has 0 aromatic carbocycles. The molecule has 0 radical (unpaired) electrons. The molecular weight excluding hydrogens is 234 g/mol. The van der Waals surface area contributed by atoms with Crippen molar-refractivity contribution in [3.05, 3.63) is 23.5 Å². The van der Waals surface area contributed by atoms with Crippen LogP contribution in [0.2, 0.25) is 0 Å². The van der Waals surface area contributed by atoms with Crippen LogP contribution >= 0.6 is 0 Å². The second-order valence-electron chi connectivity index (χ2n) is 4.17. The molecule has 0 spiro atoms. The number of hydrogen-bond acceptors (Lipinski definition) is 4. The van der Waals surface area contributed by atoms with Gasteiger partial charge in [-0.3, -0.25) is 14.6 Å². The molecule has 1 aromatic rings. The summed E-state index contributed by atoms with van der Waals surface area (Å²) in [5.41, 5.74) is 1.54. The van der Waals surface area contributed by atoms with Crippen molar-refractivity contribution in [3.63, 3.8) is 0 Å². The van der Waals surface area contributed by atoms with Crippen LogP contribution in [0, 0.1) is 6.92 Å². The van der Waals surface area contributed by atoms with Gasteiger partial charge in [0.2, 0.25) is 11.8 Å². The summed E-state index contributed by atoms with van der Waals surface area (Å²) in [6.45, 7) is 2.32. The number of amides is 2. The predicted molar refractivity (Wildman–Crippen MR) is 64.0 cm³/mol. The first kappa shape index (κ1) is 12.3. The number of methoxy groups -OCH3 is 1. The van der Waals surface area contributed by atoms with E-state index in [4.69, 9.17) is 4.74 Å².